The topological polar surface area (TPSA) is 42.7 Å². The van der Waals surface area contributed by atoms with E-state index in [9.17, 15) is 0 Å². The quantitative estimate of drug-likeness (QED) is 0.296. The molecule has 0 unspecified atom stereocenters. The molecule has 6 heteroatoms. The van der Waals surface area contributed by atoms with Crippen LogP contribution in [0.25, 0.3) is 16.8 Å². The van der Waals surface area contributed by atoms with Crippen LogP contribution in [0.3, 0.4) is 0 Å². The predicted molar refractivity (Wildman–Crippen MR) is 142 cm³/mol. The Bertz CT molecular complexity index is 1400. The number of benzene rings is 2. The number of anilines is 1. The molecule has 0 aliphatic heterocycles. The summed E-state index contributed by atoms with van der Waals surface area (Å²) in [6.45, 7) is 6.13. The van der Waals surface area contributed by atoms with Crippen molar-refractivity contribution in [2.45, 2.75) is 52.5 Å². The van der Waals surface area contributed by atoms with E-state index in [2.05, 4.69) is 47.5 Å². The molecular formula is C29H31ClN4O. The molecule has 5 nitrogen and oxygen atoms in total. The zero-order valence-electron chi connectivity index (χ0n) is 20.6. The fraction of sp³-hybridized carbons (Fsp3) is 0.379. The number of hydrogen-bond donors (Lipinski definition) is 0. The Hall–Kier alpha value is -3.05. The molecule has 180 valence electrons. The molecule has 0 atom stereocenters. The SMILES string of the molecule is COc1ccc(-c2c(C)nn3c(N(Cc4ccc(C)cc4)CC4CC4)c4c(nc23)CCC4)c(Cl)c1. The highest BCUT2D eigenvalue weighted by Gasteiger charge is 2.31. The highest BCUT2D eigenvalue weighted by Crippen LogP contribution is 2.40. The fourth-order valence-corrected chi connectivity index (χ4v) is 5.60. The van der Waals surface area contributed by atoms with Crippen LogP contribution in [0.4, 0.5) is 5.82 Å². The molecule has 2 heterocycles. The maximum absolute atomic E-state index is 6.73. The van der Waals surface area contributed by atoms with Crippen LogP contribution in [0.5, 0.6) is 5.75 Å². The molecular weight excluding hydrogens is 456 g/mol. The summed E-state index contributed by atoms with van der Waals surface area (Å²) in [7, 11) is 1.66. The van der Waals surface area contributed by atoms with E-state index in [1.807, 2.05) is 18.2 Å². The Morgan fingerprint density at radius 3 is 2.60 bits per heavy atom. The van der Waals surface area contributed by atoms with E-state index in [0.29, 0.717) is 5.02 Å². The van der Waals surface area contributed by atoms with Crippen LogP contribution in [0.1, 0.15) is 47.3 Å². The third-order valence-corrected chi connectivity index (χ3v) is 7.66. The molecule has 0 saturated heterocycles. The Morgan fingerprint density at radius 2 is 1.89 bits per heavy atom. The van der Waals surface area contributed by atoms with Crippen molar-refractivity contribution in [3.8, 4) is 16.9 Å². The molecule has 1 saturated carbocycles. The van der Waals surface area contributed by atoms with Gasteiger partial charge in [-0.05, 0) is 75.6 Å². The number of fused-ring (bicyclic) bond motifs is 2. The van der Waals surface area contributed by atoms with Gasteiger partial charge >= 0.3 is 0 Å². The Kier molecular flexibility index (Phi) is 5.68. The lowest BCUT2D eigenvalue weighted by molar-refractivity contribution is 0.415. The monoisotopic (exact) mass is 486 g/mol. The number of halogens is 1. The van der Waals surface area contributed by atoms with Crippen molar-refractivity contribution in [3.63, 3.8) is 0 Å². The molecule has 4 aromatic rings. The standard InChI is InChI=1S/C29H31ClN4O/c1-18-7-9-20(10-8-18)16-33(17-21-11-12-21)29-24-5-4-6-26(24)31-28-27(19(2)32-34(28)29)23-14-13-22(35-3)15-25(23)30/h7-10,13-15,21H,4-6,11-12,16-17H2,1-3H3. The van der Waals surface area contributed by atoms with Crippen LogP contribution in [-0.2, 0) is 19.4 Å². The van der Waals surface area contributed by atoms with Gasteiger partial charge in [-0.1, -0.05) is 41.4 Å². The molecule has 0 amide bonds. The Labute approximate surface area is 211 Å². The molecule has 2 aromatic carbocycles. The average Bonchev–Trinajstić information content (AvgIpc) is 3.44. The van der Waals surface area contributed by atoms with Crippen LogP contribution in [0.15, 0.2) is 42.5 Å². The van der Waals surface area contributed by atoms with E-state index in [1.165, 1.54) is 41.0 Å². The summed E-state index contributed by atoms with van der Waals surface area (Å²) >= 11 is 6.73. The minimum atomic E-state index is 0.653. The van der Waals surface area contributed by atoms with Crippen LogP contribution in [-0.4, -0.2) is 28.3 Å². The van der Waals surface area contributed by atoms with Crippen molar-refractivity contribution in [3.05, 3.63) is 75.6 Å². The van der Waals surface area contributed by atoms with Gasteiger partial charge in [-0.3, -0.25) is 0 Å². The highest BCUT2D eigenvalue weighted by molar-refractivity contribution is 6.33. The van der Waals surface area contributed by atoms with E-state index >= 15 is 0 Å². The maximum Gasteiger partial charge on any atom is 0.165 e. The number of hydrogen-bond acceptors (Lipinski definition) is 4. The number of aromatic nitrogens is 3. The second kappa shape index (κ2) is 8.87. The largest absolute Gasteiger partial charge is 0.497 e. The van der Waals surface area contributed by atoms with Gasteiger partial charge in [-0.25, -0.2) is 4.98 Å². The van der Waals surface area contributed by atoms with Crippen LogP contribution < -0.4 is 9.64 Å². The summed E-state index contributed by atoms with van der Waals surface area (Å²) in [6.07, 6.45) is 5.83. The Balaban J connectivity index is 1.53. The van der Waals surface area contributed by atoms with Gasteiger partial charge in [-0.15, -0.1) is 0 Å². The van der Waals surface area contributed by atoms with E-state index < -0.39 is 0 Å². The van der Waals surface area contributed by atoms with Gasteiger partial charge in [0.15, 0.2) is 5.65 Å². The summed E-state index contributed by atoms with van der Waals surface area (Å²) in [5, 5.41) is 5.73. The molecule has 2 aliphatic rings. The third kappa shape index (κ3) is 4.16. The van der Waals surface area contributed by atoms with Gasteiger partial charge in [0, 0.05) is 29.9 Å². The lowest BCUT2D eigenvalue weighted by Gasteiger charge is -2.28. The molecule has 2 aliphatic carbocycles. The summed E-state index contributed by atoms with van der Waals surface area (Å²) in [6, 6.07) is 14.8. The zero-order chi connectivity index (χ0) is 24.1. The lowest BCUT2D eigenvalue weighted by Crippen LogP contribution is -2.29. The predicted octanol–water partition coefficient (Wildman–Crippen LogP) is 6.58. The van der Waals surface area contributed by atoms with E-state index in [-0.39, 0.29) is 0 Å². The number of nitrogens with zero attached hydrogens (tertiary/aromatic N) is 4. The van der Waals surface area contributed by atoms with Crippen molar-refractivity contribution < 1.29 is 4.74 Å². The smallest absolute Gasteiger partial charge is 0.165 e. The first-order valence-corrected chi connectivity index (χ1v) is 12.9. The van der Waals surface area contributed by atoms with Crippen LogP contribution in [0.2, 0.25) is 5.02 Å². The third-order valence-electron chi connectivity index (χ3n) is 7.35. The van der Waals surface area contributed by atoms with Crippen molar-refractivity contribution in [1.29, 1.82) is 0 Å². The molecule has 0 bridgehead atoms. The van der Waals surface area contributed by atoms with E-state index in [4.69, 9.17) is 26.4 Å². The molecule has 1 fully saturated rings. The molecule has 6 rings (SSSR count). The van der Waals surface area contributed by atoms with Gasteiger partial charge in [-0.2, -0.15) is 9.61 Å². The van der Waals surface area contributed by atoms with Crippen molar-refractivity contribution in [2.75, 3.05) is 18.6 Å². The normalized spacial score (nSPS) is 15.0. The van der Waals surface area contributed by atoms with Crippen molar-refractivity contribution in [2.24, 2.45) is 5.92 Å². The maximum atomic E-state index is 6.73. The molecule has 2 aromatic heterocycles. The summed E-state index contributed by atoms with van der Waals surface area (Å²) in [5.74, 6) is 2.72. The van der Waals surface area contributed by atoms with Crippen molar-refractivity contribution in [1.82, 2.24) is 14.6 Å². The minimum Gasteiger partial charge on any atom is -0.497 e. The van der Waals surface area contributed by atoms with Gasteiger partial charge in [0.1, 0.15) is 11.6 Å². The second-order valence-corrected chi connectivity index (χ2v) is 10.5. The molecule has 0 radical (unpaired) electrons. The highest BCUT2D eigenvalue weighted by atomic mass is 35.5. The van der Waals surface area contributed by atoms with E-state index in [1.54, 1.807) is 7.11 Å². The average molecular weight is 487 g/mol. The fourth-order valence-electron chi connectivity index (χ4n) is 5.33. The van der Waals surface area contributed by atoms with Gasteiger partial charge in [0.05, 0.1) is 23.4 Å². The zero-order valence-corrected chi connectivity index (χ0v) is 21.4. The number of rotatable bonds is 7. The molecule has 0 spiro atoms. The number of aryl methyl sites for hydroxylation is 3. The second-order valence-electron chi connectivity index (χ2n) is 10.1. The number of methoxy groups -OCH3 is 1. The minimum absolute atomic E-state index is 0.653. The molecule has 0 N–H and O–H groups in total. The van der Waals surface area contributed by atoms with Crippen molar-refractivity contribution >= 4 is 23.1 Å². The molecule has 35 heavy (non-hydrogen) atoms. The summed E-state index contributed by atoms with van der Waals surface area (Å²) in [5.41, 5.74) is 8.99. The lowest BCUT2D eigenvalue weighted by atomic mass is 10.1. The summed E-state index contributed by atoms with van der Waals surface area (Å²) < 4.78 is 7.48. The summed E-state index contributed by atoms with van der Waals surface area (Å²) in [4.78, 5) is 7.74. The van der Waals surface area contributed by atoms with E-state index in [0.717, 1.165) is 66.5 Å². The van der Waals surface area contributed by atoms with Crippen LogP contribution >= 0.6 is 11.6 Å². The first kappa shape index (κ1) is 22.4. The first-order chi connectivity index (χ1) is 17.0. The number of ether oxygens (including phenoxy) is 1. The van der Waals surface area contributed by atoms with Crippen LogP contribution in [0, 0.1) is 19.8 Å². The first-order valence-electron chi connectivity index (χ1n) is 12.6. The van der Waals surface area contributed by atoms with Gasteiger partial charge in [0.25, 0.3) is 0 Å². The van der Waals surface area contributed by atoms with Gasteiger partial charge < -0.3 is 9.64 Å². The Morgan fingerprint density at radius 1 is 1.09 bits per heavy atom. The van der Waals surface area contributed by atoms with Gasteiger partial charge in [0.2, 0.25) is 0 Å².